The number of aromatic nitrogens is 2. The van der Waals surface area contributed by atoms with E-state index in [2.05, 4.69) is 10.1 Å². The second-order valence-corrected chi connectivity index (χ2v) is 9.54. The van der Waals surface area contributed by atoms with E-state index < -0.39 is 11.6 Å². The summed E-state index contributed by atoms with van der Waals surface area (Å²) in [4.78, 5) is 29.3. The standard InChI is InChI=1S/C22H37N3O5/c1-22(2,3)29-20(28)13-17(12-8-11-16-9-6-5-7-10-16)21-23-18(24-30-21)14-25(4)15-19(26)27/h16-17H,5-15H2,1-4H3,(H,26,27)/t17-/m1/s1. The van der Waals surface area contributed by atoms with Gasteiger partial charge >= 0.3 is 11.9 Å². The number of hydrogen-bond acceptors (Lipinski definition) is 7. The minimum atomic E-state index is -0.910. The van der Waals surface area contributed by atoms with Crippen molar-refractivity contribution >= 4 is 11.9 Å². The molecule has 1 atom stereocenters. The summed E-state index contributed by atoms with van der Waals surface area (Å²) >= 11 is 0. The first-order valence-electron chi connectivity index (χ1n) is 11.1. The maximum atomic E-state index is 12.4. The van der Waals surface area contributed by atoms with Crippen molar-refractivity contribution in [2.75, 3.05) is 13.6 Å². The predicted octanol–water partition coefficient (Wildman–Crippen LogP) is 4.15. The zero-order valence-electron chi connectivity index (χ0n) is 18.9. The van der Waals surface area contributed by atoms with Crippen LogP contribution in [0.5, 0.6) is 0 Å². The van der Waals surface area contributed by atoms with Crippen LogP contribution in [0.1, 0.15) is 96.2 Å². The molecule has 1 saturated carbocycles. The second-order valence-electron chi connectivity index (χ2n) is 9.54. The summed E-state index contributed by atoms with van der Waals surface area (Å²) in [6.07, 6.45) is 9.76. The summed E-state index contributed by atoms with van der Waals surface area (Å²) in [5.74, 6) is 0.274. The zero-order chi connectivity index (χ0) is 22.1. The lowest BCUT2D eigenvalue weighted by atomic mass is 9.84. The number of hydrogen-bond donors (Lipinski definition) is 1. The van der Waals surface area contributed by atoms with Crippen LogP contribution in [0.15, 0.2) is 4.52 Å². The molecule has 8 heteroatoms. The minimum absolute atomic E-state index is 0.105. The number of carbonyl (C=O) groups excluding carboxylic acids is 1. The molecule has 1 aliphatic carbocycles. The number of carboxylic acids is 1. The van der Waals surface area contributed by atoms with Gasteiger partial charge in [-0.3, -0.25) is 14.5 Å². The average Bonchev–Trinajstić information content (AvgIpc) is 3.07. The molecule has 8 nitrogen and oxygen atoms in total. The molecule has 2 rings (SSSR count). The molecule has 0 aliphatic heterocycles. The van der Waals surface area contributed by atoms with Gasteiger partial charge < -0.3 is 14.4 Å². The number of aliphatic carboxylic acids is 1. The highest BCUT2D eigenvalue weighted by Gasteiger charge is 2.26. The predicted molar refractivity (Wildman–Crippen MR) is 112 cm³/mol. The van der Waals surface area contributed by atoms with Gasteiger partial charge in [0.15, 0.2) is 5.82 Å². The van der Waals surface area contributed by atoms with Crippen molar-refractivity contribution < 1.29 is 24.0 Å². The van der Waals surface area contributed by atoms with Crippen molar-refractivity contribution in [3.8, 4) is 0 Å². The highest BCUT2D eigenvalue weighted by atomic mass is 16.6. The second kappa shape index (κ2) is 11.4. The van der Waals surface area contributed by atoms with Crippen molar-refractivity contribution in [2.24, 2.45) is 5.92 Å². The van der Waals surface area contributed by atoms with Gasteiger partial charge in [0.1, 0.15) is 5.60 Å². The Kier molecular flexibility index (Phi) is 9.27. The van der Waals surface area contributed by atoms with Gasteiger partial charge in [-0.05, 0) is 40.2 Å². The summed E-state index contributed by atoms with van der Waals surface area (Å²) in [6.45, 7) is 5.73. The van der Waals surface area contributed by atoms with Crippen LogP contribution in [-0.2, 0) is 20.9 Å². The van der Waals surface area contributed by atoms with Crippen molar-refractivity contribution in [2.45, 2.75) is 96.6 Å². The van der Waals surface area contributed by atoms with Gasteiger partial charge in [-0.1, -0.05) is 50.1 Å². The molecule has 1 heterocycles. The topological polar surface area (TPSA) is 106 Å². The van der Waals surface area contributed by atoms with Crippen LogP contribution in [0.3, 0.4) is 0 Å². The number of rotatable bonds is 11. The summed E-state index contributed by atoms with van der Waals surface area (Å²) in [6, 6.07) is 0. The first-order chi connectivity index (χ1) is 14.1. The molecule has 0 spiro atoms. The van der Waals surface area contributed by atoms with Gasteiger partial charge in [0.05, 0.1) is 19.5 Å². The van der Waals surface area contributed by atoms with Gasteiger partial charge in [0.25, 0.3) is 0 Å². The fourth-order valence-corrected chi connectivity index (χ4v) is 4.05. The van der Waals surface area contributed by atoms with Crippen molar-refractivity contribution in [3.05, 3.63) is 11.7 Å². The SMILES string of the molecule is CN(CC(=O)O)Cc1noc([C@H](CCCC2CCCCC2)CC(=O)OC(C)(C)C)n1. The van der Waals surface area contributed by atoms with Crippen molar-refractivity contribution in [1.82, 2.24) is 15.0 Å². The first-order valence-corrected chi connectivity index (χ1v) is 11.1. The van der Waals surface area contributed by atoms with E-state index in [1.165, 1.54) is 32.1 Å². The smallest absolute Gasteiger partial charge is 0.317 e. The molecule has 0 bridgehead atoms. The van der Waals surface area contributed by atoms with Crippen molar-refractivity contribution in [1.29, 1.82) is 0 Å². The van der Waals surface area contributed by atoms with Gasteiger partial charge in [0, 0.05) is 5.92 Å². The Bertz CT molecular complexity index is 677. The largest absolute Gasteiger partial charge is 0.480 e. The molecular formula is C22H37N3O5. The van der Waals surface area contributed by atoms with Gasteiger partial charge in [-0.2, -0.15) is 4.98 Å². The van der Waals surface area contributed by atoms with E-state index in [9.17, 15) is 9.59 Å². The van der Waals surface area contributed by atoms with E-state index in [-0.39, 0.29) is 31.4 Å². The maximum Gasteiger partial charge on any atom is 0.317 e. The Morgan fingerprint density at radius 2 is 1.97 bits per heavy atom. The van der Waals surface area contributed by atoms with Gasteiger partial charge in [0.2, 0.25) is 5.89 Å². The molecule has 1 N–H and O–H groups in total. The third-order valence-corrected chi connectivity index (χ3v) is 5.37. The Labute approximate surface area is 179 Å². The Hall–Kier alpha value is -1.96. The van der Waals surface area contributed by atoms with Crippen LogP contribution in [0.2, 0.25) is 0 Å². The van der Waals surface area contributed by atoms with Crippen LogP contribution < -0.4 is 0 Å². The van der Waals surface area contributed by atoms with Crippen LogP contribution in [0, 0.1) is 5.92 Å². The zero-order valence-corrected chi connectivity index (χ0v) is 18.9. The lowest BCUT2D eigenvalue weighted by molar-refractivity contribution is -0.155. The fraction of sp³-hybridized carbons (Fsp3) is 0.818. The van der Waals surface area contributed by atoms with E-state index in [1.807, 2.05) is 20.8 Å². The normalized spacial score (nSPS) is 16.6. The van der Waals surface area contributed by atoms with Gasteiger partial charge in [-0.15, -0.1) is 0 Å². The number of carbonyl (C=O) groups is 2. The van der Waals surface area contributed by atoms with Crippen molar-refractivity contribution in [3.63, 3.8) is 0 Å². The molecule has 0 saturated heterocycles. The average molecular weight is 424 g/mol. The number of carboxylic acid groups (broad SMARTS) is 1. The number of esters is 1. The monoisotopic (exact) mass is 423 g/mol. The van der Waals surface area contributed by atoms with E-state index in [0.717, 1.165) is 25.2 Å². The minimum Gasteiger partial charge on any atom is -0.480 e. The molecule has 1 aliphatic rings. The number of likely N-dealkylation sites (N-methyl/N-ethyl adjacent to an activating group) is 1. The molecule has 1 fully saturated rings. The molecule has 1 aromatic rings. The van der Waals surface area contributed by atoms with Crippen LogP contribution >= 0.6 is 0 Å². The Morgan fingerprint density at radius 1 is 1.27 bits per heavy atom. The third-order valence-electron chi connectivity index (χ3n) is 5.37. The van der Waals surface area contributed by atoms with E-state index in [1.54, 1.807) is 11.9 Å². The third kappa shape index (κ3) is 9.24. The summed E-state index contributed by atoms with van der Waals surface area (Å²) < 4.78 is 11.0. The van der Waals surface area contributed by atoms with Gasteiger partial charge in [-0.25, -0.2) is 0 Å². The summed E-state index contributed by atoms with van der Waals surface area (Å²) in [7, 11) is 1.69. The number of ether oxygens (including phenoxy) is 1. The first kappa shape index (κ1) is 24.3. The molecule has 0 unspecified atom stereocenters. The lowest BCUT2D eigenvalue weighted by Crippen LogP contribution is -2.26. The molecule has 170 valence electrons. The maximum absolute atomic E-state index is 12.4. The molecular weight excluding hydrogens is 386 g/mol. The van der Waals surface area contributed by atoms with Crippen LogP contribution in [-0.4, -0.2) is 51.3 Å². The van der Waals surface area contributed by atoms with E-state index >= 15 is 0 Å². The van der Waals surface area contributed by atoms with Crippen LogP contribution in [0.4, 0.5) is 0 Å². The molecule has 0 aromatic carbocycles. The molecule has 0 radical (unpaired) electrons. The lowest BCUT2D eigenvalue weighted by Gasteiger charge is -2.23. The highest BCUT2D eigenvalue weighted by molar-refractivity contribution is 5.70. The van der Waals surface area contributed by atoms with E-state index in [4.69, 9.17) is 14.4 Å². The van der Waals surface area contributed by atoms with Crippen LogP contribution in [0.25, 0.3) is 0 Å². The highest BCUT2D eigenvalue weighted by Crippen LogP contribution is 2.31. The van der Waals surface area contributed by atoms with E-state index in [0.29, 0.717) is 11.7 Å². The quantitative estimate of drug-likeness (QED) is 0.529. The molecule has 0 amide bonds. The fourth-order valence-electron chi connectivity index (χ4n) is 4.05. The molecule has 1 aromatic heterocycles. The number of nitrogens with zero attached hydrogens (tertiary/aromatic N) is 3. The Morgan fingerprint density at radius 3 is 2.60 bits per heavy atom. The summed E-state index contributed by atoms with van der Waals surface area (Å²) in [5.41, 5.74) is -0.538. The summed E-state index contributed by atoms with van der Waals surface area (Å²) in [5, 5.41) is 12.9. The molecule has 30 heavy (non-hydrogen) atoms. The Balaban J connectivity index is 1.98.